The monoisotopic (exact) mass is 449 g/mol. The van der Waals surface area contributed by atoms with Crippen molar-refractivity contribution in [2.75, 3.05) is 11.9 Å². The van der Waals surface area contributed by atoms with Crippen LogP contribution in [0.1, 0.15) is 57.6 Å². The van der Waals surface area contributed by atoms with Gasteiger partial charge in [0.1, 0.15) is 0 Å². The van der Waals surface area contributed by atoms with E-state index in [9.17, 15) is 14.7 Å². The van der Waals surface area contributed by atoms with Crippen molar-refractivity contribution in [3.05, 3.63) is 65.7 Å². The first-order chi connectivity index (χ1) is 15.7. The second kappa shape index (κ2) is 10.4. The maximum absolute atomic E-state index is 14.0. The van der Waals surface area contributed by atoms with Gasteiger partial charge in [0.25, 0.3) is 5.91 Å². The van der Waals surface area contributed by atoms with Crippen LogP contribution in [-0.2, 0) is 9.59 Å². The largest absolute Gasteiger partial charge is 0.392 e. The Morgan fingerprint density at radius 1 is 1.12 bits per heavy atom. The van der Waals surface area contributed by atoms with Crippen molar-refractivity contribution in [1.82, 2.24) is 0 Å². The number of carbonyl (C=O) groups is 2. The quantitative estimate of drug-likeness (QED) is 0.567. The molecule has 1 amide bonds. The minimum absolute atomic E-state index is 0.146. The molecule has 0 unspecified atom stereocenters. The number of benzene rings is 2. The second-order valence-corrected chi connectivity index (χ2v) is 9.28. The average molecular weight is 450 g/mol. The predicted molar refractivity (Wildman–Crippen MR) is 132 cm³/mol. The highest BCUT2D eigenvalue weighted by Crippen LogP contribution is 2.33. The van der Waals surface area contributed by atoms with E-state index in [0.29, 0.717) is 24.2 Å². The number of nitrogens with zero attached hydrogens (tertiary/aromatic N) is 2. The molecule has 2 aromatic rings. The number of anilines is 1. The Hall–Kier alpha value is -2.83. The Morgan fingerprint density at radius 3 is 2.39 bits per heavy atom. The van der Waals surface area contributed by atoms with E-state index >= 15 is 0 Å². The summed E-state index contributed by atoms with van der Waals surface area (Å²) < 4.78 is 0. The van der Waals surface area contributed by atoms with Gasteiger partial charge in [-0.3, -0.25) is 15.3 Å². The number of aliphatic hydroxyl groups is 1. The van der Waals surface area contributed by atoms with Crippen molar-refractivity contribution in [2.45, 2.75) is 58.2 Å². The van der Waals surface area contributed by atoms with Gasteiger partial charge in [0.2, 0.25) is 5.66 Å². The molecular formula is C27H35N3O3. The normalized spacial score (nSPS) is 20.2. The number of fused-ring (bicyclic) bond motifs is 1. The molecule has 3 atom stereocenters. The molecule has 6 nitrogen and oxygen atoms in total. The van der Waals surface area contributed by atoms with Gasteiger partial charge in [-0.15, -0.1) is 0 Å². The van der Waals surface area contributed by atoms with Gasteiger partial charge in [-0.1, -0.05) is 82.1 Å². The average Bonchev–Trinajstić information content (AvgIpc) is 2.91. The molecule has 0 saturated heterocycles. The van der Waals surface area contributed by atoms with Gasteiger partial charge in [-0.25, -0.2) is 4.99 Å². The molecule has 0 fully saturated rings. The van der Waals surface area contributed by atoms with Crippen molar-refractivity contribution < 1.29 is 14.7 Å². The first-order valence-electron chi connectivity index (χ1n) is 11.7. The van der Waals surface area contributed by atoms with Crippen LogP contribution in [0.4, 0.5) is 5.69 Å². The summed E-state index contributed by atoms with van der Waals surface area (Å²) in [5.74, 6) is -1.76. The molecule has 33 heavy (non-hydrogen) atoms. The molecule has 0 aromatic heterocycles. The lowest BCUT2D eigenvalue weighted by Crippen LogP contribution is -2.61. The molecule has 1 aliphatic rings. The fraction of sp³-hybridized carbons (Fsp3) is 0.444. The first kappa shape index (κ1) is 24.8. The lowest BCUT2D eigenvalue weighted by Gasteiger charge is -2.32. The number of rotatable bonds is 9. The van der Waals surface area contributed by atoms with Crippen molar-refractivity contribution in [2.24, 2.45) is 22.6 Å². The van der Waals surface area contributed by atoms with E-state index in [1.807, 2.05) is 75.4 Å². The number of unbranched alkanes of at least 4 members (excludes halogenated alkanes) is 1. The predicted octanol–water partition coefficient (Wildman–Crippen LogP) is 3.94. The first-order valence-corrected chi connectivity index (χ1v) is 11.7. The van der Waals surface area contributed by atoms with Crippen molar-refractivity contribution in [3.63, 3.8) is 0 Å². The molecule has 176 valence electrons. The third-order valence-electron chi connectivity index (χ3n) is 6.24. The number of hydrogen-bond acceptors (Lipinski definition) is 5. The lowest BCUT2D eigenvalue weighted by molar-refractivity contribution is -0.139. The summed E-state index contributed by atoms with van der Waals surface area (Å²) in [6.45, 7) is 6.02. The summed E-state index contributed by atoms with van der Waals surface area (Å²) in [4.78, 5) is 33.7. The van der Waals surface area contributed by atoms with Crippen LogP contribution >= 0.6 is 0 Å². The number of hydrogen-bond donors (Lipinski definition) is 2. The summed E-state index contributed by atoms with van der Waals surface area (Å²) in [6.07, 6.45) is 1.73. The Morgan fingerprint density at radius 2 is 1.76 bits per heavy atom. The summed E-state index contributed by atoms with van der Waals surface area (Å²) in [5, 5.41) is 10.9. The SMILES string of the molecule is CCCC[C@H](O)[C@@H](CC(C)C)C(=O)[C@]1(N)N=C(c2ccccc2)c2ccccc2N(C)C1=O. The highest BCUT2D eigenvalue weighted by Gasteiger charge is 2.50. The number of amides is 1. The Labute approximate surface area is 196 Å². The summed E-state index contributed by atoms with van der Waals surface area (Å²) in [7, 11) is 1.62. The number of benzodiazepines with no additional fused rings is 1. The number of Topliss-reactive ketones (excluding diaryl/α,β-unsaturated/α-hetero) is 1. The van der Waals surface area contributed by atoms with E-state index in [0.717, 1.165) is 24.0 Å². The fourth-order valence-electron chi connectivity index (χ4n) is 4.44. The summed E-state index contributed by atoms with van der Waals surface area (Å²) in [6, 6.07) is 16.8. The molecule has 0 radical (unpaired) electrons. The van der Waals surface area contributed by atoms with E-state index in [1.54, 1.807) is 7.05 Å². The minimum atomic E-state index is -2.13. The topological polar surface area (TPSA) is 96.0 Å². The van der Waals surface area contributed by atoms with Crippen LogP contribution < -0.4 is 10.6 Å². The van der Waals surface area contributed by atoms with Gasteiger partial charge in [0.05, 0.1) is 17.5 Å². The zero-order valence-electron chi connectivity index (χ0n) is 20.0. The van der Waals surface area contributed by atoms with E-state index < -0.39 is 29.4 Å². The number of carbonyl (C=O) groups excluding carboxylic acids is 2. The number of aliphatic hydroxyl groups excluding tert-OH is 1. The third kappa shape index (κ3) is 5.07. The Kier molecular flexibility index (Phi) is 7.82. The van der Waals surface area contributed by atoms with Gasteiger partial charge in [0, 0.05) is 24.1 Å². The molecular weight excluding hydrogens is 414 g/mol. The van der Waals surface area contributed by atoms with Crippen molar-refractivity contribution in [1.29, 1.82) is 0 Å². The summed E-state index contributed by atoms with van der Waals surface area (Å²) >= 11 is 0. The molecule has 6 heteroatoms. The maximum atomic E-state index is 14.0. The lowest BCUT2D eigenvalue weighted by atomic mass is 9.81. The van der Waals surface area contributed by atoms with Crippen LogP contribution in [0.15, 0.2) is 59.6 Å². The van der Waals surface area contributed by atoms with Gasteiger partial charge < -0.3 is 10.0 Å². The third-order valence-corrected chi connectivity index (χ3v) is 6.24. The number of aliphatic imine (C=N–C) groups is 1. The molecule has 2 aromatic carbocycles. The standard InChI is InChI=1S/C27H35N3O3/c1-5-6-16-23(31)21(17-18(2)3)25(32)27(28)26(33)30(4)22-15-11-10-14-20(22)24(29-27)19-12-8-7-9-13-19/h7-15,18,21,23,31H,5-6,16-17,28H2,1-4H3/t21-,23+,27+/m1/s1. The van der Waals surface area contributed by atoms with Crippen LogP contribution in [0.25, 0.3) is 0 Å². The van der Waals surface area contributed by atoms with E-state index in [2.05, 4.69) is 4.99 Å². The highest BCUT2D eigenvalue weighted by molar-refractivity contribution is 6.26. The molecule has 0 bridgehead atoms. The van der Waals surface area contributed by atoms with Crippen LogP contribution in [0, 0.1) is 11.8 Å². The van der Waals surface area contributed by atoms with Crippen LogP contribution in [0.3, 0.4) is 0 Å². The molecule has 3 N–H and O–H groups in total. The van der Waals surface area contributed by atoms with Gasteiger partial charge in [-0.05, 0) is 24.8 Å². The van der Waals surface area contributed by atoms with E-state index in [4.69, 9.17) is 5.73 Å². The van der Waals surface area contributed by atoms with Crippen LogP contribution in [0.2, 0.25) is 0 Å². The number of para-hydroxylation sites is 1. The maximum Gasteiger partial charge on any atom is 0.277 e. The zero-order chi connectivity index (χ0) is 24.2. The number of likely N-dealkylation sites (N-methyl/N-ethyl adjacent to an activating group) is 1. The number of ketones is 1. The van der Waals surface area contributed by atoms with Gasteiger partial charge in [-0.2, -0.15) is 0 Å². The van der Waals surface area contributed by atoms with Gasteiger partial charge >= 0.3 is 0 Å². The van der Waals surface area contributed by atoms with E-state index in [-0.39, 0.29) is 5.92 Å². The molecule has 3 rings (SSSR count). The van der Waals surface area contributed by atoms with Gasteiger partial charge in [0.15, 0.2) is 5.78 Å². The van der Waals surface area contributed by atoms with Crippen LogP contribution in [-0.4, -0.2) is 41.3 Å². The Balaban J connectivity index is 2.17. The minimum Gasteiger partial charge on any atom is -0.392 e. The van der Waals surface area contributed by atoms with Crippen molar-refractivity contribution in [3.8, 4) is 0 Å². The molecule has 0 saturated carbocycles. The summed E-state index contributed by atoms with van der Waals surface area (Å²) in [5.41, 5.74) is 7.14. The number of nitrogens with two attached hydrogens (primary N) is 1. The molecule has 1 heterocycles. The van der Waals surface area contributed by atoms with Crippen molar-refractivity contribution >= 4 is 23.1 Å². The molecule has 1 aliphatic heterocycles. The second-order valence-electron chi connectivity index (χ2n) is 9.28. The highest BCUT2D eigenvalue weighted by atomic mass is 16.3. The smallest absolute Gasteiger partial charge is 0.277 e. The van der Waals surface area contributed by atoms with E-state index in [1.165, 1.54) is 4.90 Å². The Bertz CT molecular complexity index is 1020. The molecule has 0 spiro atoms. The molecule has 0 aliphatic carbocycles. The fourth-order valence-corrected chi connectivity index (χ4v) is 4.44. The zero-order valence-corrected chi connectivity index (χ0v) is 20.0. The van der Waals surface area contributed by atoms with Crippen LogP contribution in [0.5, 0.6) is 0 Å².